The molecule has 0 spiro atoms. The zero-order valence-corrected chi connectivity index (χ0v) is 11.1. The van der Waals surface area contributed by atoms with E-state index in [1.54, 1.807) is 6.20 Å². The molecule has 0 aliphatic heterocycles. The lowest BCUT2D eigenvalue weighted by Crippen LogP contribution is -2.47. The highest BCUT2D eigenvalue weighted by molar-refractivity contribution is 5.75. The molecule has 0 amide bonds. The van der Waals surface area contributed by atoms with Gasteiger partial charge in [-0.05, 0) is 25.0 Å². The Morgan fingerprint density at radius 3 is 2.56 bits per heavy atom. The third-order valence-corrected chi connectivity index (χ3v) is 3.56. The van der Waals surface area contributed by atoms with E-state index >= 15 is 0 Å². The van der Waals surface area contributed by atoms with Gasteiger partial charge in [-0.2, -0.15) is 0 Å². The van der Waals surface area contributed by atoms with Crippen molar-refractivity contribution in [1.82, 2.24) is 9.97 Å². The van der Waals surface area contributed by atoms with Crippen molar-refractivity contribution >= 4 is 16.9 Å². The molecule has 0 aliphatic rings. The monoisotopic (exact) mass is 244 g/mol. The number of fused-ring (bicyclic) bond motifs is 1. The van der Waals surface area contributed by atoms with Crippen LogP contribution in [0.2, 0.25) is 0 Å². The largest absolute Gasteiger partial charge is 0.362 e. The van der Waals surface area contributed by atoms with E-state index in [0.29, 0.717) is 12.5 Å². The Morgan fingerprint density at radius 1 is 1.28 bits per heavy atom. The quantitative estimate of drug-likeness (QED) is 0.867. The second-order valence-corrected chi connectivity index (χ2v) is 5.15. The first kappa shape index (κ1) is 12.8. The van der Waals surface area contributed by atoms with Gasteiger partial charge in [-0.15, -0.1) is 0 Å². The average molecular weight is 244 g/mol. The number of aromatic nitrogens is 2. The van der Waals surface area contributed by atoms with Crippen LogP contribution in [0.15, 0.2) is 30.5 Å². The van der Waals surface area contributed by atoms with Gasteiger partial charge in [0.2, 0.25) is 0 Å². The van der Waals surface area contributed by atoms with Crippen LogP contribution in [0.5, 0.6) is 0 Å². The van der Waals surface area contributed by atoms with Crippen molar-refractivity contribution in [2.24, 2.45) is 11.7 Å². The second kappa shape index (κ2) is 4.90. The minimum atomic E-state index is -0.170. The number of nitrogens with one attached hydrogen (secondary N) is 1. The van der Waals surface area contributed by atoms with Gasteiger partial charge in [0, 0.05) is 6.54 Å². The highest BCUT2D eigenvalue weighted by Crippen LogP contribution is 2.21. The minimum absolute atomic E-state index is 0.170. The summed E-state index contributed by atoms with van der Waals surface area (Å²) in [5.74, 6) is 1.19. The summed E-state index contributed by atoms with van der Waals surface area (Å²) in [6.07, 6.45) is 1.76. The predicted octanol–water partition coefficient (Wildman–Crippen LogP) is 2.42. The molecule has 1 aromatic heterocycles. The van der Waals surface area contributed by atoms with E-state index < -0.39 is 0 Å². The highest BCUT2D eigenvalue weighted by atomic mass is 15.1. The number of anilines is 1. The van der Waals surface area contributed by atoms with Crippen LogP contribution in [-0.4, -0.2) is 22.1 Å². The molecule has 0 saturated carbocycles. The number of nitrogens with two attached hydrogens (primary N) is 1. The van der Waals surface area contributed by atoms with Gasteiger partial charge in [-0.3, -0.25) is 4.98 Å². The fourth-order valence-corrected chi connectivity index (χ4v) is 1.74. The van der Waals surface area contributed by atoms with Crippen molar-refractivity contribution < 1.29 is 0 Å². The summed E-state index contributed by atoms with van der Waals surface area (Å²) in [5, 5.41) is 3.40. The molecule has 0 radical (unpaired) electrons. The SMILES string of the molecule is CC(C)C(C)(CN)Nc1cnc2ccccc2n1. The summed E-state index contributed by atoms with van der Waals surface area (Å²) in [4.78, 5) is 8.95. The van der Waals surface area contributed by atoms with Crippen LogP contribution in [0.1, 0.15) is 20.8 Å². The van der Waals surface area contributed by atoms with Crippen LogP contribution < -0.4 is 11.1 Å². The molecular formula is C14H20N4. The van der Waals surface area contributed by atoms with Crippen molar-refractivity contribution in [2.45, 2.75) is 26.3 Å². The van der Waals surface area contributed by atoms with Crippen molar-refractivity contribution in [3.8, 4) is 0 Å². The number of nitrogens with zero attached hydrogens (tertiary/aromatic N) is 2. The van der Waals surface area contributed by atoms with E-state index in [4.69, 9.17) is 5.73 Å². The standard InChI is InChI=1S/C14H20N4/c1-10(2)14(3,9-15)18-13-8-16-11-6-4-5-7-12(11)17-13/h4-8,10H,9,15H2,1-3H3,(H,17,18). The molecule has 0 aliphatic carbocycles. The van der Waals surface area contributed by atoms with E-state index in [0.717, 1.165) is 16.9 Å². The van der Waals surface area contributed by atoms with Crippen molar-refractivity contribution in [3.63, 3.8) is 0 Å². The van der Waals surface area contributed by atoms with Crippen molar-refractivity contribution in [3.05, 3.63) is 30.5 Å². The van der Waals surface area contributed by atoms with Crippen LogP contribution in [0.25, 0.3) is 11.0 Å². The smallest absolute Gasteiger partial charge is 0.145 e. The molecule has 3 N–H and O–H groups in total. The lowest BCUT2D eigenvalue weighted by molar-refractivity contribution is 0.381. The molecule has 1 unspecified atom stereocenters. The molecule has 0 saturated heterocycles. The normalized spacial score (nSPS) is 14.7. The Labute approximate surface area is 108 Å². The summed E-state index contributed by atoms with van der Waals surface area (Å²) >= 11 is 0. The average Bonchev–Trinajstić information content (AvgIpc) is 2.38. The number of para-hydroxylation sites is 2. The Bertz CT molecular complexity index is 538. The van der Waals surface area contributed by atoms with E-state index in [1.165, 1.54) is 0 Å². The zero-order valence-electron chi connectivity index (χ0n) is 11.1. The number of hydrogen-bond donors (Lipinski definition) is 2. The molecule has 18 heavy (non-hydrogen) atoms. The van der Waals surface area contributed by atoms with Gasteiger partial charge >= 0.3 is 0 Å². The van der Waals surface area contributed by atoms with Gasteiger partial charge in [0.1, 0.15) is 5.82 Å². The Kier molecular flexibility index (Phi) is 3.48. The lowest BCUT2D eigenvalue weighted by Gasteiger charge is -2.34. The van der Waals surface area contributed by atoms with Crippen LogP contribution in [0.4, 0.5) is 5.82 Å². The maximum absolute atomic E-state index is 5.86. The molecule has 1 aromatic carbocycles. The summed E-state index contributed by atoms with van der Waals surface area (Å²) < 4.78 is 0. The van der Waals surface area contributed by atoms with Crippen LogP contribution in [0.3, 0.4) is 0 Å². The van der Waals surface area contributed by atoms with Crippen LogP contribution in [-0.2, 0) is 0 Å². The third-order valence-electron chi connectivity index (χ3n) is 3.56. The fraction of sp³-hybridized carbons (Fsp3) is 0.429. The predicted molar refractivity (Wildman–Crippen MR) is 75.5 cm³/mol. The summed E-state index contributed by atoms with van der Waals surface area (Å²) in [6, 6.07) is 7.84. The van der Waals surface area contributed by atoms with E-state index in [1.807, 2.05) is 24.3 Å². The first-order chi connectivity index (χ1) is 8.55. The van der Waals surface area contributed by atoms with Gasteiger partial charge in [0.25, 0.3) is 0 Å². The zero-order chi connectivity index (χ0) is 13.2. The van der Waals surface area contributed by atoms with E-state index in [2.05, 4.69) is 36.1 Å². The van der Waals surface area contributed by atoms with E-state index in [-0.39, 0.29) is 5.54 Å². The second-order valence-electron chi connectivity index (χ2n) is 5.15. The Morgan fingerprint density at radius 2 is 1.94 bits per heavy atom. The van der Waals surface area contributed by atoms with Gasteiger partial charge in [0.15, 0.2) is 0 Å². The Balaban J connectivity index is 2.31. The summed E-state index contributed by atoms with van der Waals surface area (Å²) in [5.41, 5.74) is 7.49. The van der Waals surface area contributed by atoms with E-state index in [9.17, 15) is 0 Å². The van der Waals surface area contributed by atoms with Gasteiger partial charge in [0.05, 0.1) is 22.8 Å². The van der Waals surface area contributed by atoms with Crippen LogP contribution in [0, 0.1) is 5.92 Å². The number of rotatable bonds is 4. The van der Waals surface area contributed by atoms with Crippen molar-refractivity contribution in [2.75, 3.05) is 11.9 Å². The number of benzene rings is 1. The molecule has 0 fully saturated rings. The first-order valence-electron chi connectivity index (χ1n) is 6.25. The Hall–Kier alpha value is -1.68. The summed E-state index contributed by atoms with van der Waals surface area (Å²) in [7, 11) is 0. The molecule has 2 aromatic rings. The van der Waals surface area contributed by atoms with Crippen LogP contribution >= 0.6 is 0 Å². The molecule has 1 heterocycles. The summed E-state index contributed by atoms with van der Waals surface area (Å²) in [6.45, 7) is 6.95. The van der Waals surface area contributed by atoms with Gasteiger partial charge in [-0.25, -0.2) is 4.98 Å². The van der Waals surface area contributed by atoms with Gasteiger partial charge < -0.3 is 11.1 Å². The molecule has 1 atom stereocenters. The third kappa shape index (κ3) is 2.43. The first-order valence-corrected chi connectivity index (χ1v) is 6.25. The topological polar surface area (TPSA) is 63.8 Å². The molecule has 4 nitrogen and oxygen atoms in total. The van der Waals surface area contributed by atoms with Gasteiger partial charge in [-0.1, -0.05) is 26.0 Å². The maximum atomic E-state index is 5.86. The fourth-order valence-electron chi connectivity index (χ4n) is 1.74. The molecule has 96 valence electrons. The molecule has 0 bridgehead atoms. The highest BCUT2D eigenvalue weighted by Gasteiger charge is 2.26. The molecular weight excluding hydrogens is 224 g/mol. The number of hydrogen-bond acceptors (Lipinski definition) is 4. The maximum Gasteiger partial charge on any atom is 0.145 e. The molecule has 2 rings (SSSR count). The molecule has 4 heteroatoms. The van der Waals surface area contributed by atoms with Crippen molar-refractivity contribution in [1.29, 1.82) is 0 Å². The minimum Gasteiger partial charge on any atom is -0.362 e. The lowest BCUT2D eigenvalue weighted by atomic mass is 9.88.